The number of carbonyl (C=O) groups excluding carboxylic acids is 3. The fourth-order valence-corrected chi connectivity index (χ4v) is 2.74. The largest absolute Gasteiger partial charge is 0.324 e. The lowest BCUT2D eigenvalue weighted by Gasteiger charge is -2.15. The van der Waals surface area contributed by atoms with E-state index in [9.17, 15) is 14.4 Å². The molecule has 3 rings (SSSR count). The molecule has 1 N–H and O–H groups in total. The maximum Gasteiger partial charge on any atom is 0.262 e. The molecule has 5 nitrogen and oxygen atoms in total. The molecule has 0 saturated carbocycles. The van der Waals surface area contributed by atoms with Gasteiger partial charge in [0.05, 0.1) is 11.1 Å². The summed E-state index contributed by atoms with van der Waals surface area (Å²) in [7, 11) is 0. The van der Waals surface area contributed by atoms with Crippen LogP contribution in [0.25, 0.3) is 0 Å². The van der Waals surface area contributed by atoms with Crippen LogP contribution >= 0.6 is 0 Å². The number of fused-ring (bicyclic) bond motifs is 1. The molecule has 0 aromatic heterocycles. The van der Waals surface area contributed by atoms with E-state index in [4.69, 9.17) is 0 Å². The second kappa shape index (κ2) is 6.28. The first kappa shape index (κ1) is 15.9. The lowest BCUT2D eigenvalue weighted by atomic mass is 10.1. The Hall–Kier alpha value is -2.95. The zero-order valence-electron chi connectivity index (χ0n) is 13.6. The Bertz CT molecular complexity index is 807. The van der Waals surface area contributed by atoms with Gasteiger partial charge in [0.25, 0.3) is 11.8 Å². The van der Waals surface area contributed by atoms with Gasteiger partial charge >= 0.3 is 0 Å². The van der Waals surface area contributed by atoms with E-state index in [0.717, 1.165) is 22.4 Å². The van der Waals surface area contributed by atoms with Gasteiger partial charge in [-0.1, -0.05) is 31.2 Å². The van der Waals surface area contributed by atoms with Crippen molar-refractivity contribution < 1.29 is 14.4 Å². The number of anilines is 1. The minimum atomic E-state index is -0.426. The molecule has 24 heavy (non-hydrogen) atoms. The summed E-state index contributed by atoms with van der Waals surface area (Å²) in [6, 6.07) is 12.5. The highest BCUT2D eigenvalue weighted by Gasteiger charge is 2.36. The molecule has 0 radical (unpaired) electrons. The molecule has 0 fully saturated rings. The Morgan fingerprint density at radius 2 is 1.67 bits per heavy atom. The molecule has 3 amide bonds. The smallest absolute Gasteiger partial charge is 0.262 e. The Morgan fingerprint density at radius 1 is 1.04 bits per heavy atom. The number of hydrogen-bond acceptors (Lipinski definition) is 3. The third-order valence-corrected chi connectivity index (χ3v) is 4.16. The molecule has 2 aromatic carbocycles. The summed E-state index contributed by atoms with van der Waals surface area (Å²) in [4.78, 5) is 37.9. The first-order valence-corrected chi connectivity index (χ1v) is 7.86. The quantitative estimate of drug-likeness (QED) is 0.880. The van der Waals surface area contributed by atoms with E-state index in [1.54, 1.807) is 24.3 Å². The van der Waals surface area contributed by atoms with Crippen molar-refractivity contribution in [3.05, 3.63) is 64.7 Å². The van der Waals surface area contributed by atoms with Gasteiger partial charge in [-0.15, -0.1) is 0 Å². The van der Waals surface area contributed by atoms with E-state index in [1.807, 2.05) is 32.0 Å². The molecule has 0 unspecified atom stereocenters. The molecule has 1 heterocycles. The Labute approximate surface area is 140 Å². The van der Waals surface area contributed by atoms with Gasteiger partial charge in [-0.2, -0.15) is 0 Å². The Balaban J connectivity index is 1.75. The second-order valence-electron chi connectivity index (χ2n) is 5.79. The van der Waals surface area contributed by atoms with Gasteiger partial charge < -0.3 is 5.32 Å². The molecule has 0 atom stereocenters. The number of carbonyl (C=O) groups is 3. The Morgan fingerprint density at radius 3 is 2.25 bits per heavy atom. The van der Waals surface area contributed by atoms with Crippen LogP contribution in [0.3, 0.4) is 0 Å². The van der Waals surface area contributed by atoms with Crippen molar-refractivity contribution >= 4 is 23.4 Å². The average molecular weight is 322 g/mol. The van der Waals surface area contributed by atoms with Gasteiger partial charge in [-0.3, -0.25) is 19.3 Å². The van der Waals surface area contributed by atoms with Crippen LogP contribution in [-0.2, 0) is 11.2 Å². The number of imide groups is 1. The zero-order valence-corrected chi connectivity index (χ0v) is 13.6. The molecule has 1 aliphatic rings. The molecular formula is C19H18N2O3. The molecule has 0 bridgehead atoms. The number of hydrogen-bond donors (Lipinski definition) is 1. The third-order valence-electron chi connectivity index (χ3n) is 4.16. The number of nitrogens with one attached hydrogen (secondary N) is 1. The molecule has 0 saturated heterocycles. The number of amides is 3. The summed E-state index contributed by atoms with van der Waals surface area (Å²) < 4.78 is 0. The SMILES string of the molecule is CCc1ccc(C)c(NC(=O)CN2C(=O)c3ccccc3C2=O)c1. The van der Waals surface area contributed by atoms with Crippen LogP contribution in [0, 0.1) is 6.92 Å². The van der Waals surface area contributed by atoms with Gasteiger partial charge in [-0.25, -0.2) is 0 Å². The van der Waals surface area contributed by atoms with Crippen molar-refractivity contribution in [1.29, 1.82) is 0 Å². The maximum atomic E-state index is 12.3. The van der Waals surface area contributed by atoms with Crippen LogP contribution in [0.5, 0.6) is 0 Å². The van der Waals surface area contributed by atoms with E-state index in [1.165, 1.54) is 0 Å². The number of nitrogens with zero attached hydrogens (tertiary/aromatic N) is 1. The van der Waals surface area contributed by atoms with Crippen molar-refractivity contribution in [2.45, 2.75) is 20.3 Å². The van der Waals surface area contributed by atoms with Crippen molar-refractivity contribution in [2.75, 3.05) is 11.9 Å². The van der Waals surface area contributed by atoms with Crippen LogP contribution in [0.2, 0.25) is 0 Å². The maximum absolute atomic E-state index is 12.3. The summed E-state index contributed by atoms with van der Waals surface area (Å²) in [5, 5.41) is 2.79. The van der Waals surface area contributed by atoms with Crippen molar-refractivity contribution in [3.8, 4) is 0 Å². The third kappa shape index (κ3) is 2.80. The summed E-state index contributed by atoms with van der Waals surface area (Å²) in [5.74, 6) is -1.24. The lowest BCUT2D eigenvalue weighted by Crippen LogP contribution is -2.37. The first-order chi connectivity index (χ1) is 11.5. The number of aryl methyl sites for hydroxylation is 2. The zero-order chi connectivity index (χ0) is 17.3. The molecule has 2 aromatic rings. The fraction of sp³-hybridized carbons (Fsp3) is 0.211. The molecule has 0 aliphatic carbocycles. The van der Waals surface area contributed by atoms with Crippen LogP contribution in [0.1, 0.15) is 38.8 Å². The summed E-state index contributed by atoms with van der Waals surface area (Å²) in [5.41, 5.74) is 3.44. The van der Waals surface area contributed by atoms with E-state index < -0.39 is 11.8 Å². The fourth-order valence-electron chi connectivity index (χ4n) is 2.74. The van der Waals surface area contributed by atoms with Crippen molar-refractivity contribution in [2.24, 2.45) is 0 Å². The van der Waals surface area contributed by atoms with Gasteiger partial charge in [0.15, 0.2) is 0 Å². The Kier molecular flexibility index (Phi) is 4.16. The molecule has 122 valence electrons. The topological polar surface area (TPSA) is 66.5 Å². The van der Waals surface area contributed by atoms with E-state index in [2.05, 4.69) is 5.32 Å². The number of rotatable bonds is 4. The highest BCUT2D eigenvalue weighted by Crippen LogP contribution is 2.22. The monoisotopic (exact) mass is 322 g/mol. The standard InChI is InChI=1S/C19H18N2O3/c1-3-13-9-8-12(2)16(10-13)20-17(22)11-21-18(23)14-6-4-5-7-15(14)19(21)24/h4-10H,3,11H2,1-2H3,(H,20,22). The molecule has 0 spiro atoms. The predicted molar refractivity (Wildman–Crippen MR) is 91.0 cm³/mol. The highest BCUT2D eigenvalue weighted by atomic mass is 16.2. The molecular weight excluding hydrogens is 304 g/mol. The van der Waals surface area contributed by atoms with Crippen molar-refractivity contribution in [3.63, 3.8) is 0 Å². The molecule has 5 heteroatoms. The summed E-state index contributed by atoms with van der Waals surface area (Å²) in [6.45, 7) is 3.65. The lowest BCUT2D eigenvalue weighted by molar-refractivity contribution is -0.116. The van der Waals surface area contributed by atoms with Gasteiger partial charge in [0.1, 0.15) is 6.54 Å². The minimum absolute atomic E-state index is 0.290. The molecule has 1 aliphatic heterocycles. The van der Waals surface area contributed by atoms with E-state index in [-0.39, 0.29) is 12.5 Å². The van der Waals surface area contributed by atoms with Gasteiger partial charge in [0.2, 0.25) is 5.91 Å². The highest BCUT2D eigenvalue weighted by molar-refractivity contribution is 6.22. The first-order valence-electron chi connectivity index (χ1n) is 7.86. The van der Waals surface area contributed by atoms with Crippen molar-refractivity contribution in [1.82, 2.24) is 4.90 Å². The summed E-state index contributed by atoms with van der Waals surface area (Å²) in [6.07, 6.45) is 0.863. The normalized spacial score (nSPS) is 13.2. The van der Waals surface area contributed by atoms with Crippen LogP contribution in [-0.4, -0.2) is 29.2 Å². The van der Waals surface area contributed by atoms with Gasteiger partial charge in [0, 0.05) is 5.69 Å². The number of benzene rings is 2. The average Bonchev–Trinajstić information content (AvgIpc) is 2.82. The predicted octanol–water partition coefficient (Wildman–Crippen LogP) is 2.79. The minimum Gasteiger partial charge on any atom is -0.324 e. The van der Waals surface area contributed by atoms with E-state index >= 15 is 0 Å². The van der Waals surface area contributed by atoms with Crippen LogP contribution < -0.4 is 5.32 Å². The summed E-state index contributed by atoms with van der Waals surface area (Å²) >= 11 is 0. The van der Waals surface area contributed by atoms with Gasteiger partial charge in [-0.05, 0) is 42.7 Å². The van der Waals surface area contributed by atoms with E-state index in [0.29, 0.717) is 16.8 Å². The van der Waals surface area contributed by atoms with Crippen LogP contribution in [0.15, 0.2) is 42.5 Å². The van der Waals surface area contributed by atoms with Crippen LogP contribution in [0.4, 0.5) is 5.69 Å². The second-order valence-corrected chi connectivity index (χ2v) is 5.79.